The molecule has 2 aliphatic heterocycles. The van der Waals surface area contributed by atoms with E-state index in [2.05, 4.69) is 43.8 Å². The van der Waals surface area contributed by atoms with Gasteiger partial charge in [-0.1, -0.05) is 24.1 Å². The third-order valence-electron chi connectivity index (χ3n) is 2.00. The first-order valence-electron chi connectivity index (χ1n) is 3.86. The van der Waals surface area contributed by atoms with Crippen LogP contribution in [0.3, 0.4) is 0 Å². The minimum absolute atomic E-state index is 0.252. The summed E-state index contributed by atoms with van der Waals surface area (Å²) in [6, 6.07) is 0. The predicted octanol–water partition coefficient (Wildman–Crippen LogP) is 2.26. The van der Waals surface area contributed by atoms with Crippen LogP contribution in [-0.2, 0) is 0 Å². The third-order valence-corrected chi connectivity index (χ3v) is 3.14. The van der Waals surface area contributed by atoms with Crippen molar-refractivity contribution < 1.29 is 0 Å². The van der Waals surface area contributed by atoms with Gasteiger partial charge in [0, 0.05) is 10.7 Å². The van der Waals surface area contributed by atoms with E-state index in [1.54, 1.807) is 0 Å². The van der Waals surface area contributed by atoms with Gasteiger partial charge in [-0.15, -0.1) is 0 Å². The molecule has 2 aliphatic rings. The van der Waals surface area contributed by atoms with E-state index in [9.17, 15) is 0 Å². The van der Waals surface area contributed by atoms with Crippen molar-refractivity contribution in [3.8, 4) is 0 Å². The van der Waals surface area contributed by atoms with Gasteiger partial charge in [0.1, 0.15) is 5.82 Å². The van der Waals surface area contributed by atoms with Gasteiger partial charge >= 0.3 is 6.85 Å². The smallest absolute Gasteiger partial charge is 0.314 e. The molecule has 0 aromatic carbocycles. The van der Waals surface area contributed by atoms with Gasteiger partial charge in [-0.3, -0.25) is 0 Å². The van der Waals surface area contributed by atoms with E-state index < -0.39 is 0 Å². The average molecular weight is 302 g/mol. The Kier molecular flexibility index (Phi) is 2.38. The molecule has 2 rings (SSSR count). The number of fused-ring (bicyclic) bond motifs is 1. The van der Waals surface area contributed by atoms with Crippen molar-refractivity contribution in [1.29, 1.82) is 0 Å². The van der Waals surface area contributed by atoms with E-state index in [1.807, 2.05) is 23.2 Å². The Bertz CT molecular complexity index is 357. The Morgan fingerprint density at radius 2 is 1.92 bits per heavy atom. The van der Waals surface area contributed by atoms with Gasteiger partial charge in [-0.2, -0.15) is 0 Å². The summed E-state index contributed by atoms with van der Waals surface area (Å²) in [5, 5.41) is 0. The maximum atomic E-state index is 5.90. The Hall–Kier alpha value is -0.415. The highest BCUT2D eigenvalue weighted by Gasteiger charge is 2.24. The zero-order valence-corrected chi connectivity index (χ0v) is 9.92. The second-order valence-corrected chi connectivity index (χ2v) is 4.63. The zero-order valence-electron chi connectivity index (χ0n) is 6.74. The number of nitrogens with two attached hydrogens (primary N) is 1. The van der Waals surface area contributed by atoms with Crippen molar-refractivity contribution in [3.63, 3.8) is 0 Å². The van der Waals surface area contributed by atoms with E-state index in [0.29, 0.717) is 0 Å². The van der Waals surface area contributed by atoms with E-state index in [-0.39, 0.29) is 6.85 Å². The summed E-state index contributed by atoms with van der Waals surface area (Å²) in [5.74, 6) is 4.92. The average Bonchev–Trinajstić information content (AvgIpc) is 2.12. The quantitative estimate of drug-likeness (QED) is 0.696. The van der Waals surface area contributed by atoms with Crippen molar-refractivity contribution >= 4 is 38.7 Å². The number of rotatable bonds is 0. The summed E-state index contributed by atoms with van der Waals surface area (Å²) in [6.07, 6.45) is 5.98. The first-order valence-corrected chi connectivity index (χ1v) is 5.44. The number of nitrogens with zero attached hydrogens (tertiary/aromatic N) is 1. The molecule has 0 bridgehead atoms. The van der Waals surface area contributed by atoms with Gasteiger partial charge in [0.15, 0.2) is 0 Å². The molecule has 0 aromatic rings. The van der Waals surface area contributed by atoms with Crippen molar-refractivity contribution in [3.05, 3.63) is 45.1 Å². The fourth-order valence-corrected chi connectivity index (χ4v) is 2.05. The molecule has 0 aliphatic carbocycles. The molecular formula is C8H7BBr2N2. The Morgan fingerprint density at radius 3 is 2.69 bits per heavy atom. The van der Waals surface area contributed by atoms with Crippen LogP contribution in [0.25, 0.3) is 0 Å². The van der Waals surface area contributed by atoms with E-state index in [1.165, 1.54) is 0 Å². The van der Waals surface area contributed by atoms with Gasteiger partial charge in [0.2, 0.25) is 0 Å². The van der Waals surface area contributed by atoms with Crippen LogP contribution in [0.15, 0.2) is 45.1 Å². The predicted molar refractivity (Wildman–Crippen MR) is 63.0 cm³/mol. The normalized spacial score (nSPS) is 20.6. The Balaban J connectivity index is 2.39. The lowest BCUT2D eigenvalue weighted by atomic mass is 9.58. The summed E-state index contributed by atoms with van der Waals surface area (Å²) in [6.45, 7) is 0.252. The largest absolute Gasteiger partial charge is 0.385 e. The highest BCUT2D eigenvalue weighted by Crippen LogP contribution is 2.26. The molecule has 2 nitrogen and oxygen atoms in total. The molecule has 0 aromatic heterocycles. The summed E-state index contributed by atoms with van der Waals surface area (Å²) in [7, 11) is 0. The summed E-state index contributed by atoms with van der Waals surface area (Å²) in [5.41, 5.74) is 5.90. The highest BCUT2D eigenvalue weighted by atomic mass is 79.9. The van der Waals surface area contributed by atoms with Crippen molar-refractivity contribution in [2.24, 2.45) is 5.73 Å². The Morgan fingerprint density at radius 1 is 1.23 bits per heavy atom. The second kappa shape index (κ2) is 3.38. The minimum Gasteiger partial charge on any atom is -0.385 e. The number of allylic oxidation sites excluding steroid dienone is 4. The molecule has 0 saturated heterocycles. The van der Waals surface area contributed by atoms with Crippen LogP contribution in [0.5, 0.6) is 0 Å². The molecule has 2 heterocycles. The summed E-state index contributed by atoms with van der Waals surface area (Å²) < 4.78 is 1.96. The SMILES string of the molecule is NC1=C(Br)C=CB2C=CC(Br)=CN21. The molecule has 5 heteroatoms. The molecule has 0 saturated carbocycles. The monoisotopic (exact) mass is 300 g/mol. The van der Waals surface area contributed by atoms with E-state index in [0.717, 1.165) is 14.8 Å². The number of hydrogen-bond donors (Lipinski definition) is 1. The molecule has 0 radical (unpaired) electrons. The van der Waals surface area contributed by atoms with Gasteiger partial charge in [-0.05, 0) is 31.9 Å². The number of hydrogen-bond acceptors (Lipinski definition) is 2. The maximum absolute atomic E-state index is 5.90. The fourth-order valence-electron chi connectivity index (χ4n) is 1.32. The molecule has 0 unspecified atom stereocenters. The van der Waals surface area contributed by atoms with Gasteiger partial charge in [0.05, 0.1) is 4.48 Å². The van der Waals surface area contributed by atoms with Crippen LogP contribution in [0.2, 0.25) is 0 Å². The van der Waals surface area contributed by atoms with Crippen LogP contribution in [0.4, 0.5) is 0 Å². The molecule has 0 spiro atoms. The van der Waals surface area contributed by atoms with Crippen LogP contribution < -0.4 is 5.73 Å². The molecule has 0 atom stereocenters. The molecule has 13 heavy (non-hydrogen) atoms. The van der Waals surface area contributed by atoms with Crippen LogP contribution in [-0.4, -0.2) is 11.7 Å². The highest BCUT2D eigenvalue weighted by molar-refractivity contribution is 9.12. The lowest BCUT2D eigenvalue weighted by Crippen LogP contribution is -2.38. The fraction of sp³-hybridized carbons (Fsp3) is 0. The van der Waals surface area contributed by atoms with Crippen molar-refractivity contribution in [1.82, 2.24) is 4.81 Å². The zero-order chi connectivity index (χ0) is 9.42. The lowest BCUT2D eigenvalue weighted by molar-refractivity contribution is 0.699. The number of halogens is 2. The molecule has 2 N–H and O–H groups in total. The van der Waals surface area contributed by atoms with Crippen molar-refractivity contribution in [2.75, 3.05) is 0 Å². The molecule has 66 valence electrons. The second-order valence-electron chi connectivity index (χ2n) is 2.86. The van der Waals surface area contributed by atoms with Gasteiger partial charge in [-0.25, -0.2) is 0 Å². The first-order chi connectivity index (χ1) is 6.18. The van der Waals surface area contributed by atoms with Crippen LogP contribution in [0.1, 0.15) is 0 Å². The summed E-state index contributed by atoms with van der Waals surface area (Å²) >= 11 is 6.81. The molecular weight excluding hydrogens is 295 g/mol. The molecule has 0 fully saturated rings. The first kappa shape index (κ1) is 9.15. The molecule has 0 amide bonds. The summed E-state index contributed by atoms with van der Waals surface area (Å²) in [4.78, 5) is 2.01. The van der Waals surface area contributed by atoms with Gasteiger partial charge < -0.3 is 10.5 Å². The third kappa shape index (κ3) is 1.63. The van der Waals surface area contributed by atoms with Crippen molar-refractivity contribution in [2.45, 2.75) is 0 Å². The maximum Gasteiger partial charge on any atom is 0.314 e. The minimum atomic E-state index is 0.252. The Labute approximate surface area is 94.2 Å². The van der Waals surface area contributed by atoms with E-state index in [4.69, 9.17) is 5.73 Å². The van der Waals surface area contributed by atoms with Gasteiger partial charge in [0.25, 0.3) is 0 Å². The lowest BCUT2D eigenvalue weighted by Gasteiger charge is -2.30. The standard InChI is InChI=1S/C8H7BBr2N2/c10-6-1-3-9-4-2-7(11)8(12)13(9)5-6/h1-5H,12H2. The van der Waals surface area contributed by atoms with Crippen LogP contribution >= 0.6 is 31.9 Å². The topological polar surface area (TPSA) is 29.3 Å². The van der Waals surface area contributed by atoms with Crippen LogP contribution in [0, 0.1) is 0 Å². The van der Waals surface area contributed by atoms with E-state index >= 15 is 0 Å².